The van der Waals surface area contributed by atoms with Gasteiger partial charge in [0, 0.05) is 30.4 Å². The van der Waals surface area contributed by atoms with E-state index >= 15 is 0 Å². The van der Waals surface area contributed by atoms with Crippen LogP contribution in [0.5, 0.6) is 0 Å². The van der Waals surface area contributed by atoms with Gasteiger partial charge in [-0.2, -0.15) is 0 Å². The largest absolute Gasteiger partial charge is 0.343 e. The third kappa shape index (κ3) is 1.62. The zero-order valence-corrected chi connectivity index (χ0v) is 15.9. The lowest BCUT2D eigenvalue weighted by atomic mass is 10.1. The van der Waals surface area contributed by atoms with Gasteiger partial charge < -0.3 is 9.13 Å². The summed E-state index contributed by atoms with van der Waals surface area (Å²) >= 11 is 0. The SMILES string of the molecule is Cc1cccc2c1nc1n(C)c3c(C)c4c(cc3n21)c1ccccc1n4C. The van der Waals surface area contributed by atoms with Gasteiger partial charge in [0.25, 0.3) is 0 Å². The van der Waals surface area contributed by atoms with Gasteiger partial charge in [-0.3, -0.25) is 4.40 Å². The first-order valence-corrected chi connectivity index (χ1v) is 9.31. The van der Waals surface area contributed by atoms with Crippen molar-refractivity contribution in [2.75, 3.05) is 0 Å². The number of aryl methyl sites for hydroxylation is 4. The molecule has 3 aromatic heterocycles. The molecule has 3 aromatic carbocycles. The molecule has 0 aliphatic rings. The Kier molecular flexibility index (Phi) is 2.59. The molecular formula is C23H20N4. The van der Waals surface area contributed by atoms with E-state index in [4.69, 9.17) is 4.98 Å². The fraction of sp³-hybridized carbons (Fsp3) is 0.174. The highest BCUT2D eigenvalue weighted by molar-refractivity contribution is 6.14. The molecular weight excluding hydrogens is 332 g/mol. The van der Waals surface area contributed by atoms with Crippen LogP contribution >= 0.6 is 0 Å². The maximum atomic E-state index is 4.97. The molecule has 0 amide bonds. The minimum Gasteiger partial charge on any atom is -0.343 e. The van der Waals surface area contributed by atoms with Crippen LogP contribution < -0.4 is 0 Å². The van der Waals surface area contributed by atoms with Gasteiger partial charge in [0.2, 0.25) is 5.78 Å². The Morgan fingerprint density at radius 2 is 1.52 bits per heavy atom. The van der Waals surface area contributed by atoms with Crippen LogP contribution in [-0.2, 0) is 14.1 Å². The molecule has 3 heterocycles. The van der Waals surface area contributed by atoms with Gasteiger partial charge >= 0.3 is 0 Å². The van der Waals surface area contributed by atoms with Crippen molar-refractivity contribution in [1.82, 2.24) is 18.5 Å². The van der Waals surface area contributed by atoms with E-state index in [1.54, 1.807) is 0 Å². The van der Waals surface area contributed by atoms with Crippen LogP contribution in [0.25, 0.3) is 49.7 Å². The van der Waals surface area contributed by atoms with E-state index in [1.165, 1.54) is 49.5 Å². The van der Waals surface area contributed by atoms with Crippen molar-refractivity contribution in [3.63, 3.8) is 0 Å². The second kappa shape index (κ2) is 4.71. The number of hydrogen-bond acceptors (Lipinski definition) is 1. The van der Waals surface area contributed by atoms with E-state index in [1.807, 2.05) is 0 Å². The summed E-state index contributed by atoms with van der Waals surface area (Å²) < 4.78 is 6.87. The number of hydrogen-bond donors (Lipinski definition) is 0. The molecule has 0 N–H and O–H groups in total. The molecule has 0 bridgehead atoms. The van der Waals surface area contributed by atoms with Crippen LogP contribution in [-0.4, -0.2) is 18.5 Å². The molecule has 6 rings (SSSR count). The standard InChI is InChI=1S/C23H20N4/c1-13-8-7-11-18-20(13)24-23-26(4)22-14(2)21-16(12-19(22)27(18)23)15-9-5-6-10-17(15)25(21)3/h5-12H,1-4H3. The summed E-state index contributed by atoms with van der Waals surface area (Å²) in [6.45, 7) is 4.36. The van der Waals surface area contributed by atoms with Gasteiger partial charge in [-0.15, -0.1) is 0 Å². The smallest absolute Gasteiger partial charge is 0.215 e. The number of para-hydroxylation sites is 2. The van der Waals surface area contributed by atoms with Crippen molar-refractivity contribution < 1.29 is 0 Å². The number of nitrogens with zero attached hydrogens (tertiary/aromatic N) is 4. The van der Waals surface area contributed by atoms with E-state index in [2.05, 4.69) is 90.0 Å². The predicted molar refractivity (Wildman–Crippen MR) is 113 cm³/mol. The molecule has 27 heavy (non-hydrogen) atoms. The average Bonchev–Trinajstić information content (AvgIpc) is 3.27. The molecule has 0 fully saturated rings. The fourth-order valence-electron chi connectivity index (χ4n) is 4.92. The Balaban J connectivity index is 1.95. The number of fused-ring (bicyclic) bond motifs is 8. The summed E-state index contributed by atoms with van der Waals surface area (Å²) in [5.41, 5.74) is 9.82. The van der Waals surface area contributed by atoms with Crippen LogP contribution in [0.1, 0.15) is 11.1 Å². The first-order valence-electron chi connectivity index (χ1n) is 9.31. The van der Waals surface area contributed by atoms with Gasteiger partial charge in [-0.05, 0) is 43.2 Å². The minimum absolute atomic E-state index is 0.997. The second-order valence-corrected chi connectivity index (χ2v) is 7.59. The van der Waals surface area contributed by atoms with Gasteiger partial charge in [-0.1, -0.05) is 30.3 Å². The van der Waals surface area contributed by atoms with E-state index in [-0.39, 0.29) is 0 Å². The molecule has 4 heteroatoms. The predicted octanol–water partition coefficient (Wildman–Crippen LogP) is 5.24. The molecule has 0 radical (unpaired) electrons. The highest BCUT2D eigenvalue weighted by Gasteiger charge is 2.20. The maximum Gasteiger partial charge on any atom is 0.215 e. The summed E-state index contributed by atoms with van der Waals surface area (Å²) in [7, 11) is 4.29. The monoisotopic (exact) mass is 352 g/mol. The van der Waals surface area contributed by atoms with E-state index in [0.717, 1.165) is 11.3 Å². The molecule has 0 spiro atoms. The van der Waals surface area contributed by atoms with Gasteiger partial charge in [0.1, 0.15) is 0 Å². The van der Waals surface area contributed by atoms with Crippen molar-refractivity contribution in [1.29, 1.82) is 0 Å². The first kappa shape index (κ1) is 14.9. The Hall–Kier alpha value is -3.27. The third-order valence-corrected chi connectivity index (χ3v) is 6.13. The minimum atomic E-state index is 0.997. The van der Waals surface area contributed by atoms with E-state index in [9.17, 15) is 0 Å². The summed E-state index contributed by atoms with van der Waals surface area (Å²) in [4.78, 5) is 4.97. The second-order valence-electron chi connectivity index (χ2n) is 7.59. The normalized spacial score (nSPS) is 12.4. The summed E-state index contributed by atoms with van der Waals surface area (Å²) in [5, 5.41) is 2.61. The van der Waals surface area contributed by atoms with Crippen molar-refractivity contribution in [3.8, 4) is 0 Å². The van der Waals surface area contributed by atoms with E-state index < -0.39 is 0 Å². The van der Waals surface area contributed by atoms with Crippen LogP contribution in [0.3, 0.4) is 0 Å². The highest BCUT2D eigenvalue weighted by atomic mass is 15.2. The quantitative estimate of drug-likeness (QED) is 0.367. The van der Waals surface area contributed by atoms with E-state index in [0.29, 0.717) is 0 Å². The van der Waals surface area contributed by atoms with Gasteiger partial charge in [0.15, 0.2) is 0 Å². The number of aromatic nitrogens is 4. The molecule has 0 unspecified atom stereocenters. The van der Waals surface area contributed by atoms with Crippen molar-refractivity contribution in [2.45, 2.75) is 13.8 Å². The molecule has 6 aromatic rings. The molecule has 0 saturated carbocycles. The van der Waals surface area contributed by atoms with Crippen molar-refractivity contribution >= 4 is 49.7 Å². The zero-order valence-electron chi connectivity index (χ0n) is 15.9. The van der Waals surface area contributed by atoms with Gasteiger partial charge in [-0.25, -0.2) is 4.98 Å². The molecule has 0 saturated heterocycles. The summed E-state index contributed by atoms with van der Waals surface area (Å²) in [6, 6.07) is 17.4. The summed E-state index contributed by atoms with van der Waals surface area (Å²) in [6.07, 6.45) is 0. The Morgan fingerprint density at radius 3 is 2.37 bits per heavy atom. The highest BCUT2D eigenvalue weighted by Crippen LogP contribution is 2.37. The lowest BCUT2D eigenvalue weighted by molar-refractivity contribution is 0.965. The molecule has 4 nitrogen and oxygen atoms in total. The Morgan fingerprint density at radius 1 is 0.741 bits per heavy atom. The number of benzene rings is 3. The van der Waals surface area contributed by atoms with Gasteiger partial charge in [0.05, 0.1) is 27.6 Å². The first-order chi connectivity index (χ1) is 13.1. The summed E-state index contributed by atoms with van der Waals surface area (Å²) in [5.74, 6) is 0.997. The number of imidazole rings is 2. The Labute approximate surface area is 156 Å². The lowest BCUT2D eigenvalue weighted by Gasteiger charge is -2.06. The fourth-order valence-corrected chi connectivity index (χ4v) is 4.92. The topological polar surface area (TPSA) is 27.2 Å². The number of rotatable bonds is 0. The Bertz CT molecular complexity index is 1560. The maximum absolute atomic E-state index is 4.97. The third-order valence-electron chi connectivity index (χ3n) is 6.13. The lowest BCUT2D eigenvalue weighted by Crippen LogP contribution is -1.94. The zero-order chi connectivity index (χ0) is 18.4. The molecule has 132 valence electrons. The molecule has 0 aliphatic heterocycles. The molecule has 0 aliphatic carbocycles. The van der Waals surface area contributed by atoms with Crippen LogP contribution in [0, 0.1) is 13.8 Å². The average molecular weight is 352 g/mol. The van der Waals surface area contributed by atoms with Crippen molar-refractivity contribution in [2.24, 2.45) is 14.1 Å². The van der Waals surface area contributed by atoms with Crippen LogP contribution in [0.4, 0.5) is 0 Å². The molecule has 0 atom stereocenters. The van der Waals surface area contributed by atoms with Crippen LogP contribution in [0.2, 0.25) is 0 Å². The van der Waals surface area contributed by atoms with Crippen molar-refractivity contribution in [3.05, 3.63) is 59.7 Å². The van der Waals surface area contributed by atoms with Crippen LogP contribution in [0.15, 0.2) is 48.5 Å².